The molecule has 0 saturated carbocycles. The van der Waals surface area contributed by atoms with Gasteiger partial charge < -0.3 is 30.5 Å². The second kappa shape index (κ2) is 21.8. The summed E-state index contributed by atoms with van der Waals surface area (Å²) in [4.78, 5) is 26.4. The smallest absolute Gasteiger partial charge is 0.230 e. The number of nitrogens with one attached hydrogen (secondary N) is 3. The van der Waals surface area contributed by atoms with Crippen LogP contribution >= 0.6 is 0 Å². The van der Waals surface area contributed by atoms with Gasteiger partial charge in [-0.05, 0) is 73.2 Å². The van der Waals surface area contributed by atoms with Gasteiger partial charge in [0.05, 0.1) is 37.0 Å². The summed E-state index contributed by atoms with van der Waals surface area (Å²) in [5, 5.41) is 28.4. The number of rotatable bonds is 18. The number of hydrogen-bond donors (Lipinski definition) is 3. The lowest BCUT2D eigenvalue weighted by Gasteiger charge is -2.26. The van der Waals surface area contributed by atoms with Crippen molar-refractivity contribution in [3.05, 3.63) is 120 Å². The highest BCUT2D eigenvalue weighted by Crippen LogP contribution is 2.26. The molecule has 2 aliphatic rings. The second-order valence-electron chi connectivity index (χ2n) is 17.9. The van der Waals surface area contributed by atoms with Crippen LogP contribution in [0.15, 0.2) is 97.8 Å². The number of anilines is 4. The van der Waals surface area contributed by atoms with Crippen LogP contribution in [0.5, 0.6) is 0 Å². The van der Waals surface area contributed by atoms with E-state index >= 15 is 0 Å². The van der Waals surface area contributed by atoms with Crippen molar-refractivity contribution in [2.75, 3.05) is 93.5 Å². The van der Waals surface area contributed by atoms with E-state index in [9.17, 15) is 0 Å². The van der Waals surface area contributed by atoms with E-state index in [2.05, 4.69) is 110 Å². The lowest BCUT2D eigenvalue weighted by molar-refractivity contribution is 0.0398. The third-order valence-electron chi connectivity index (χ3n) is 12.5. The molecule has 0 amide bonds. The molecule has 19 nitrogen and oxygen atoms in total. The molecule has 2 aliphatic heterocycles. The van der Waals surface area contributed by atoms with Crippen molar-refractivity contribution in [3.63, 3.8) is 0 Å². The zero-order valence-corrected chi connectivity index (χ0v) is 39.9. The summed E-state index contributed by atoms with van der Waals surface area (Å²) in [6.45, 7) is 19.3. The number of para-hydroxylation sites is 2. The van der Waals surface area contributed by atoms with Crippen LogP contribution in [0.1, 0.15) is 74.6 Å². The minimum Gasteiger partial charge on any atom is -0.379 e. The Morgan fingerprint density at radius 1 is 0.603 bits per heavy atom. The molecule has 2 fully saturated rings. The fourth-order valence-corrected chi connectivity index (χ4v) is 8.56. The minimum atomic E-state index is 0.307. The van der Waals surface area contributed by atoms with Crippen LogP contribution in [0.25, 0.3) is 22.7 Å². The van der Waals surface area contributed by atoms with Crippen molar-refractivity contribution in [2.45, 2.75) is 65.5 Å². The van der Waals surface area contributed by atoms with Gasteiger partial charge in [-0.15, -0.1) is 0 Å². The molecular weight excluding hydrogens is 857 g/mol. The quantitative estimate of drug-likeness (QED) is 0.0865. The van der Waals surface area contributed by atoms with Crippen molar-refractivity contribution in [1.29, 1.82) is 0 Å². The first-order chi connectivity index (χ1) is 33.3. The maximum atomic E-state index is 5.44. The molecule has 0 aliphatic carbocycles. The predicted octanol–water partition coefficient (Wildman–Crippen LogP) is 6.37. The lowest BCUT2D eigenvalue weighted by Crippen LogP contribution is -2.39. The number of hydrogen-bond acceptors (Lipinski definition) is 15. The number of fused-ring (bicyclic) bond motifs is 2. The summed E-state index contributed by atoms with van der Waals surface area (Å²) in [5.74, 6) is 3.30. The number of ether oxygens (including phenoxy) is 1. The summed E-state index contributed by atoms with van der Waals surface area (Å²) < 4.78 is 12.8. The standard InChI is InChI=1S/C25H33N9.C24H31N9O/c1-19(2)21-18-28-34-23(21)29-25(31(3)15-16-32-12-6-7-13-32)30-24(34)26-17-20-9-4-5-10-22(20)33-14-8-11-27-33;1-18(2)20-17-28-33-22(20)29-23(25-9-11-31-12-14-34-15-13-31)30-24(33)26-16-19-6-3-4-7-21(19)32-10-5-8-27-32/h4-5,8-11,14,18-19H,6-7,12-13,15-17H2,1-3H3,(H,26,29,30);3-8,10,17-18H,9,11-16H2,1-2H3,(H2,25,26,29,30). The number of aromatic nitrogens is 12. The molecular formula is C49H64N18O. The van der Waals surface area contributed by atoms with E-state index in [1.54, 1.807) is 16.9 Å². The Kier molecular flexibility index (Phi) is 14.8. The first kappa shape index (κ1) is 46.2. The Balaban J connectivity index is 0.000000170. The van der Waals surface area contributed by atoms with Crippen LogP contribution in [0.3, 0.4) is 0 Å². The Morgan fingerprint density at radius 2 is 1.15 bits per heavy atom. The van der Waals surface area contributed by atoms with E-state index < -0.39 is 0 Å². The van der Waals surface area contributed by atoms with E-state index in [1.165, 1.54) is 25.9 Å². The van der Waals surface area contributed by atoms with Gasteiger partial charge in [-0.3, -0.25) is 4.90 Å². The van der Waals surface area contributed by atoms with Crippen molar-refractivity contribution in [3.8, 4) is 11.4 Å². The maximum Gasteiger partial charge on any atom is 0.230 e. The first-order valence-corrected chi connectivity index (χ1v) is 23.9. The molecule has 0 unspecified atom stereocenters. The number of morpholine rings is 1. The van der Waals surface area contributed by atoms with Crippen LogP contribution < -0.4 is 20.9 Å². The lowest BCUT2D eigenvalue weighted by atomic mass is 10.1. The van der Waals surface area contributed by atoms with Crippen LogP contribution in [-0.4, -0.2) is 141 Å². The average molecular weight is 921 g/mol. The molecule has 6 aromatic heterocycles. The van der Waals surface area contributed by atoms with Gasteiger partial charge in [0.15, 0.2) is 11.3 Å². The molecule has 2 aromatic carbocycles. The Hall–Kier alpha value is -6.96. The highest BCUT2D eigenvalue weighted by Gasteiger charge is 2.20. The van der Waals surface area contributed by atoms with E-state index in [-0.39, 0.29) is 0 Å². The number of benzene rings is 2. The van der Waals surface area contributed by atoms with Gasteiger partial charge in [0, 0.05) is 95.3 Å². The van der Waals surface area contributed by atoms with Crippen molar-refractivity contribution < 1.29 is 4.74 Å². The minimum absolute atomic E-state index is 0.307. The van der Waals surface area contributed by atoms with Gasteiger partial charge in [-0.1, -0.05) is 64.1 Å². The molecule has 8 aromatic rings. The molecule has 0 bridgehead atoms. The first-order valence-electron chi connectivity index (χ1n) is 23.9. The van der Waals surface area contributed by atoms with Crippen LogP contribution in [0.4, 0.5) is 23.8 Å². The Morgan fingerprint density at radius 3 is 1.71 bits per heavy atom. The monoisotopic (exact) mass is 921 g/mol. The van der Waals surface area contributed by atoms with Crippen molar-refractivity contribution in [2.24, 2.45) is 0 Å². The van der Waals surface area contributed by atoms with Crippen LogP contribution in [0, 0.1) is 0 Å². The summed E-state index contributed by atoms with van der Waals surface area (Å²) in [7, 11) is 2.07. The highest BCUT2D eigenvalue weighted by atomic mass is 16.5. The molecule has 0 atom stereocenters. The van der Waals surface area contributed by atoms with Gasteiger partial charge in [0.2, 0.25) is 23.8 Å². The summed E-state index contributed by atoms with van der Waals surface area (Å²) in [6, 6.07) is 20.3. The fraction of sp³-hybridized carbons (Fsp3) is 0.429. The summed E-state index contributed by atoms with van der Waals surface area (Å²) >= 11 is 0. The normalized spacial score (nSPS) is 14.5. The van der Waals surface area contributed by atoms with Crippen LogP contribution in [0.2, 0.25) is 0 Å². The molecule has 3 N–H and O–H groups in total. The van der Waals surface area contributed by atoms with Gasteiger partial charge in [0.25, 0.3) is 0 Å². The third-order valence-corrected chi connectivity index (χ3v) is 12.5. The van der Waals surface area contributed by atoms with Gasteiger partial charge in [0.1, 0.15) is 0 Å². The molecule has 0 radical (unpaired) electrons. The maximum absolute atomic E-state index is 5.44. The molecule has 2 saturated heterocycles. The van der Waals surface area contributed by atoms with E-state index in [0.29, 0.717) is 42.8 Å². The molecule has 68 heavy (non-hydrogen) atoms. The van der Waals surface area contributed by atoms with Crippen LogP contribution in [-0.2, 0) is 17.8 Å². The zero-order valence-electron chi connectivity index (χ0n) is 39.9. The van der Waals surface area contributed by atoms with E-state index in [1.807, 2.05) is 75.1 Å². The SMILES string of the molecule is CC(C)c1cnn2c(NCc3ccccc3-n3cccn3)nc(N(C)CCN3CCCC3)nc12.CC(C)c1cnn2c(NCc3ccccc3-n3cccn3)nc(NCCN3CCOCC3)nc12. The number of nitrogens with zero attached hydrogens (tertiary/aromatic N) is 15. The fourth-order valence-electron chi connectivity index (χ4n) is 8.56. The molecule has 8 heterocycles. The van der Waals surface area contributed by atoms with Gasteiger partial charge in [-0.25, -0.2) is 9.36 Å². The molecule has 19 heteroatoms. The second-order valence-corrected chi connectivity index (χ2v) is 17.9. The van der Waals surface area contributed by atoms with Gasteiger partial charge in [-0.2, -0.15) is 49.4 Å². The average Bonchev–Trinajstić information content (AvgIpc) is 4.23. The summed E-state index contributed by atoms with van der Waals surface area (Å²) in [5.41, 5.74) is 8.19. The van der Waals surface area contributed by atoms with Crippen molar-refractivity contribution >= 4 is 35.1 Å². The van der Waals surface area contributed by atoms with Gasteiger partial charge >= 0.3 is 0 Å². The largest absolute Gasteiger partial charge is 0.379 e. The topological polar surface area (TPSA) is 177 Å². The molecule has 356 valence electrons. The van der Waals surface area contributed by atoms with E-state index in [4.69, 9.17) is 24.7 Å². The third kappa shape index (κ3) is 10.9. The zero-order chi connectivity index (χ0) is 46.8. The van der Waals surface area contributed by atoms with Crippen molar-refractivity contribution in [1.82, 2.24) is 68.5 Å². The predicted molar refractivity (Wildman–Crippen MR) is 266 cm³/mol. The molecule has 0 spiro atoms. The summed E-state index contributed by atoms with van der Waals surface area (Å²) in [6.07, 6.45) is 13.9. The Labute approximate surface area is 397 Å². The number of likely N-dealkylation sites (N-methyl/N-ethyl adjacent to an activating group) is 1. The Bertz CT molecular complexity index is 2820. The van der Waals surface area contributed by atoms with E-state index in [0.717, 1.165) is 103 Å². The highest BCUT2D eigenvalue weighted by molar-refractivity contribution is 5.58. The number of likely N-dealkylation sites (tertiary alicyclic amines) is 1. The molecule has 10 rings (SSSR count).